The van der Waals surface area contributed by atoms with Crippen molar-refractivity contribution in [1.82, 2.24) is 0 Å². The summed E-state index contributed by atoms with van der Waals surface area (Å²) in [7, 11) is 3.23. The summed E-state index contributed by atoms with van der Waals surface area (Å²) in [5.41, 5.74) is 10.1. The van der Waals surface area contributed by atoms with Crippen LogP contribution in [0.25, 0.3) is 0 Å². The first-order valence-electron chi connectivity index (χ1n) is 9.31. The summed E-state index contributed by atoms with van der Waals surface area (Å²) < 4.78 is 10.7. The van der Waals surface area contributed by atoms with Gasteiger partial charge in [0.25, 0.3) is 0 Å². The van der Waals surface area contributed by atoms with Gasteiger partial charge in [0.15, 0.2) is 0 Å². The maximum Gasteiger partial charge on any atom is 0.249 e. The molecule has 2 aromatic rings. The molecule has 1 atom stereocenters. The number of hydrogen-bond acceptors (Lipinski definition) is 5. The zero-order valence-electron chi connectivity index (χ0n) is 15.8. The minimum atomic E-state index is -0.164. The van der Waals surface area contributed by atoms with Crippen LogP contribution in [-0.2, 0) is 11.2 Å². The van der Waals surface area contributed by atoms with Gasteiger partial charge in [-0.2, -0.15) is 0 Å². The predicted molar refractivity (Wildman–Crippen MR) is 107 cm³/mol. The number of methoxy groups -OCH3 is 2. The number of nitrogens with two attached hydrogens (primary N) is 1. The number of fused-ring (bicyclic) bond motifs is 1. The van der Waals surface area contributed by atoms with Crippen LogP contribution in [0.2, 0.25) is 0 Å². The Balaban J connectivity index is 1.63. The molecule has 2 aliphatic rings. The highest BCUT2D eigenvalue weighted by Crippen LogP contribution is 2.37. The Morgan fingerprint density at radius 2 is 1.81 bits per heavy atom. The molecule has 1 fully saturated rings. The van der Waals surface area contributed by atoms with Gasteiger partial charge < -0.3 is 25.0 Å². The third-order valence-electron chi connectivity index (χ3n) is 5.52. The molecule has 0 aliphatic carbocycles. The Hall–Kier alpha value is -2.89. The van der Waals surface area contributed by atoms with Crippen LogP contribution in [0.1, 0.15) is 18.4 Å². The van der Waals surface area contributed by atoms with E-state index in [2.05, 4.69) is 11.0 Å². The van der Waals surface area contributed by atoms with E-state index in [4.69, 9.17) is 15.2 Å². The largest absolute Gasteiger partial charge is 0.497 e. The van der Waals surface area contributed by atoms with E-state index in [1.54, 1.807) is 14.2 Å². The molecule has 2 N–H and O–H groups in total. The minimum Gasteiger partial charge on any atom is -0.497 e. The average Bonchev–Trinajstić information content (AvgIpc) is 3.08. The molecule has 0 radical (unpaired) electrons. The normalized spacial score (nSPS) is 19.2. The summed E-state index contributed by atoms with van der Waals surface area (Å²) in [6.45, 7) is 1.55. The Kier molecular flexibility index (Phi) is 4.56. The summed E-state index contributed by atoms with van der Waals surface area (Å²) in [5, 5.41) is 0. The fraction of sp³-hybridized carbons (Fsp3) is 0.381. The molecule has 1 unspecified atom stereocenters. The summed E-state index contributed by atoms with van der Waals surface area (Å²) in [6, 6.07) is 11.4. The van der Waals surface area contributed by atoms with E-state index >= 15 is 0 Å². The lowest BCUT2D eigenvalue weighted by Crippen LogP contribution is -2.44. The molecule has 0 saturated carbocycles. The van der Waals surface area contributed by atoms with Gasteiger partial charge in [-0.1, -0.05) is 6.07 Å². The minimum absolute atomic E-state index is 0.112. The van der Waals surface area contributed by atoms with Crippen molar-refractivity contribution in [2.75, 3.05) is 42.8 Å². The molecule has 0 spiro atoms. The SMILES string of the molecule is COc1cc(OC)cc(N2CCC(N3CCCc4c(N)cccc43)C2=O)c1. The number of amides is 1. The predicted octanol–water partition coefficient (Wildman–Crippen LogP) is 2.84. The Labute approximate surface area is 159 Å². The Bertz CT molecular complexity index is 845. The van der Waals surface area contributed by atoms with Crippen molar-refractivity contribution in [2.24, 2.45) is 0 Å². The average molecular weight is 367 g/mol. The van der Waals surface area contributed by atoms with Crippen LogP contribution >= 0.6 is 0 Å². The number of hydrogen-bond donors (Lipinski definition) is 1. The van der Waals surface area contributed by atoms with E-state index in [1.165, 1.54) is 0 Å². The quantitative estimate of drug-likeness (QED) is 0.842. The van der Waals surface area contributed by atoms with Crippen molar-refractivity contribution in [3.8, 4) is 11.5 Å². The molecule has 1 amide bonds. The molecule has 2 heterocycles. The van der Waals surface area contributed by atoms with Gasteiger partial charge in [0.2, 0.25) is 5.91 Å². The molecular formula is C21H25N3O3. The van der Waals surface area contributed by atoms with Crippen LogP contribution in [0.15, 0.2) is 36.4 Å². The first-order valence-corrected chi connectivity index (χ1v) is 9.31. The van der Waals surface area contributed by atoms with E-state index in [-0.39, 0.29) is 11.9 Å². The van der Waals surface area contributed by atoms with Gasteiger partial charge in [-0.25, -0.2) is 0 Å². The lowest BCUT2D eigenvalue weighted by atomic mass is 9.98. The second kappa shape index (κ2) is 7.02. The van der Waals surface area contributed by atoms with E-state index in [0.717, 1.165) is 48.4 Å². The van der Waals surface area contributed by atoms with Crippen LogP contribution in [0.5, 0.6) is 11.5 Å². The number of carbonyl (C=O) groups is 1. The number of ether oxygens (including phenoxy) is 2. The van der Waals surface area contributed by atoms with Crippen molar-refractivity contribution in [3.05, 3.63) is 42.0 Å². The van der Waals surface area contributed by atoms with Crippen LogP contribution in [0.4, 0.5) is 17.1 Å². The lowest BCUT2D eigenvalue weighted by molar-refractivity contribution is -0.118. The van der Waals surface area contributed by atoms with E-state index in [0.29, 0.717) is 18.0 Å². The molecule has 27 heavy (non-hydrogen) atoms. The molecule has 142 valence electrons. The van der Waals surface area contributed by atoms with Gasteiger partial charge >= 0.3 is 0 Å². The molecule has 2 aromatic carbocycles. The lowest BCUT2D eigenvalue weighted by Gasteiger charge is -2.35. The smallest absolute Gasteiger partial charge is 0.249 e. The van der Waals surface area contributed by atoms with Crippen LogP contribution in [0.3, 0.4) is 0 Å². The Morgan fingerprint density at radius 1 is 1.07 bits per heavy atom. The summed E-state index contributed by atoms with van der Waals surface area (Å²) in [4.78, 5) is 17.3. The number of anilines is 3. The highest BCUT2D eigenvalue weighted by atomic mass is 16.5. The second-order valence-electron chi connectivity index (χ2n) is 7.01. The van der Waals surface area contributed by atoms with Gasteiger partial charge in [0.1, 0.15) is 17.5 Å². The Morgan fingerprint density at radius 3 is 2.52 bits per heavy atom. The topological polar surface area (TPSA) is 68.0 Å². The molecule has 1 saturated heterocycles. The van der Waals surface area contributed by atoms with Crippen LogP contribution in [0, 0.1) is 0 Å². The maximum absolute atomic E-state index is 13.3. The van der Waals surface area contributed by atoms with E-state index in [1.807, 2.05) is 35.2 Å². The number of benzene rings is 2. The molecule has 2 aliphatic heterocycles. The zero-order chi connectivity index (χ0) is 19.0. The van der Waals surface area contributed by atoms with Gasteiger partial charge in [-0.3, -0.25) is 4.79 Å². The van der Waals surface area contributed by atoms with Crippen molar-refractivity contribution in [2.45, 2.75) is 25.3 Å². The van der Waals surface area contributed by atoms with Crippen molar-refractivity contribution >= 4 is 23.0 Å². The second-order valence-corrected chi connectivity index (χ2v) is 7.01. The third-order valence-corrected chi connectivity index (χ3v) is 5.52. The first kappa shape index (κ1) is 17.5. The number of nitrogens with zero attached hydrogens (tertiary/aromatic N) is 2. The molecule has 6 nitrogen and oxygen atoms in total. The van der Waals surface area contributed by atoms with Gasteiger partial charge in [-0.05, 0) is 37.0 Å². The number of rotatable bonds is 4. The van der Waals surface area contributed by atoms with E-state index < -0.39 is 0 Å². The summed E-state index contributed by atoms with van der Waals surface area (Å²) >= 11 is 0. The van der Waals surface area contributed by atoms with Gasteiger partial charge in [0.05, 0.1) is 19.9 Å². The van der Waals surface area contributed by atoms with Crippen molar-refractivity contribution in [1.29, 1.82) is 0 Å². The fourth-order valence-corrected chi connectivity index (χ4v) is 4.16. The molecule has 6 heteroatoms. The van der Waals surface area contributed by atoms with Gasteiger partial charge in [-0.15, -0.1) is 0 Å². The molecule has 0 bridgehead atoms. The third kappa shape index (κ3) is 3.05. The molecule has 0 aromatic heterocycles. The number of nitrogen functional groups attached to an aromatic ring is 1. The van der Waals surface area contributed by atoms with Crippen LogP contribution < -0.4 is 25.0 Å². The summed E-state index contributed by atoms with van der Waals surface area (Å²) in [5.74, 6) is 1.47. The molecule has 4 rings (SSSR count). The van der Waals surface area contributed by atoms with Gasteiger partial charge in [0, 0.05) is 42.7 Å². The van der Waals surface area contributed by atoms with Crippen molar-refractivity contribution in [3.63, 3.8) is 0 Å². The van der Waals surface area contributed by atoms with Crippen molar-refractivity contribution < 1.29 is 14.3 Å². The zero-order valence-corrected chi connectivity index (χ0v) is 15.8. The monoisotopic (exact) mass is 367 g/mol. The molecular weight excluding hydrogens is 342 g/mol. The van der Waals surface area contributed by atoms with E-state index in [9.17, 15) is 4.79 Å². The standard InChI is InChI=1S/C21H25N3O3/c1-26-15-11-14(12-16(13-15)27-2)23-10-8-20(21(23)25)24-9-4-5-17-18(22)6-3-7-19(17)24/h3,6-7,11-13,20H,4-5,8-10,22H2,1-2H3. The highest BCUT2D eigenvalue weighted by Gasteiger charge is 2.38. The maximum atomic E-state index is 13.3. The first-order chi connectivity index (χ1) is 13.1. The summed E-state index contributed by atoms with van der Waals surface area (Å²) in [6.07, 6.45) is 2.76. The van der Waals surface area contributed by atoms with Crippen LogP contribution in [-0.4, -0.2) is 39.3 Å². The number of carbonyl (C=O) groups excluding carboxylic acids is 1. The fourth-order valence-electron chi connectivity index (χ4n) is 4.16. The highest BCUT2D eigenvalue weighted by molar-refractivity contribution is 6.02.